The van der Waals surface area contributed by atoms with Crippen LogP contribution in [0.3, 0.4) is 0 Å². The van der Waals surface area contributed by atoms with Gasteiger partial charge >= 0.3 is 18.0 Å². The zero-order valence-electron chi connectivity index (χ0n) is 25.6. The third-order valence-corrected chi connectivity index (χ3v) is 6.09. The number of esters is 2. The molecule has 0 aliphatic heterocycles. The fourth-order valence-electron chi connectivity index (χ4n) is 3.47. The van der Waals surface area contributed by atoms with E-state index in [4.69, 9.17) is 14.2 Å². The molecule has 5 atom stereocenters. The van der Waals surface area contributed by atoms with Gasteiger partial charge in [-0.1, -0.05) is 50.6 Å². The molecule has 13 nitrogen and oxygen atoms in total. The van der Waals surface area contributed by atoms with E-state index in [1.54, 1.807) is 58.0 Å². The summed E-state index contributed by atoms with van der Waals surface area (Å²) in [6, 6.07) is 4.20. The Hall–Kier alpha value is -4.16. The van der Waals surface area contributed by atoms with Crippen LogP contribution in [0, 0.1) is 5.92 Å². The van der Waals surface area contributed by atoms with Crippen LogP contribution in [0.15, 0.2) is 30.3 Å². The standard InChI is InChI=1S/C29H44N4O9/c1-9-17(2)23(27(38)40-8)33-25(36)18(3)30-26(37)21(15-22(34)41-16-20-13-11-10-12-14-20)32-24(35)19(4)31-28(39)42-29(5,6)7/h10-14,17-19,21,23H,9,15-16H2,1-8H3,(H,30,37)(H,31,39)(H,32,35)(H,33,36). The highest BCUT2D eigenvalue weighted by Crippen LogP contribution is 2.10. The molecule has 4 amide bonds. The highest BCUT2D eigenvalue weighted by Gasteiger charge is 2.32. The maximum absolute atomic E-state index is 13.2. The Morgan fingerprint density at radius 2 is 1.38 bits per heavy atom. The summed E-state index contributed by atoms with van der Waals surface area (Å²) in [5.74, 6) is -3.96. The number of amides is 4. The molecule has 1 aromatic rings. The van der Waals surface area contributed by atoms with Crippen LogP contribution in [0.4, 0.5) is 4.79 Å². The lowest BCUT2D eigenvalue weighted by Crippen LogP contribution is -2.57. The monoisotopic (exact) mass is 592 g/mol. The molecule has 1 aromatic carbocycles. The Morgan fingerprint density at radius 1 is 0.810 bits per heavy atom. The Morgan fingerprint density at radius 3 is 1.93 bits per heavy atom. The van der Waals surface area contributed by atoms with E-state index < -0.39 is 71.9 Å². The van der Waals surface area contributed by atoms with Gasteiger partial charge in [-0.15, -0.1) is 0 Å². The lowest BCUT2D eigenvalue weighted by Gasteiger charge is -2.26. The van der Waals surface area contributed by atoms with Gasteiger partial charge in [0.15, 0.2) is 0 Å². The van der Waals surface area contributed by atoms with Crippen LogP contribution in [0.25, 0.3) is 0 Å². The van der Waals surface area contributed by atoms with Crippen LogP contribution in [0.5, 0.6) is 0 Å². The Bertz CT molecular complexity index is 1090. The number of ether oxygens (including phenoxy) is 3. The molecule has 0 spiro atoms. The summed E-state index contributed by atoms with van der Waals surface area (Å²) in [4.78, 5) is 75.7. The lowest BCUT2D eigenvalue weighted by molar-refractivity contribution is -0.148. The molecule has 234 valence electrons. The van der Waals surface area contributed by atoms with Crippen LogP contribution in [-0.4, -0.2) is 72.6 Å². The number of methoxy groups -OCH3 is 1. The van der Waals surface area contributed by atoms with Crippen LogP contribution >= 0.6 is 0 Å². The maximum atomic E-state index is 13.2. The van der Waals surface area contributed by atoms with E-state index >= 15 is 0 Å². The first-order chi connectivity index (χ1) is 19.6. The second-order valence-corrected chi connectivity index (χ2v) is 10.9. The Labute approximate surface area is 246 Å². The molecule has 0 aliphatic carbocycles. The molecule has 0 aliphatic rings. The summed E-state index contributed by atoms with van der Waals surface area (Å²) < 4.78 is 15.2. The molecular formula is C29H44N4O9. The van der Waals surface area contributed by atoms with Crippen molar-refractivity contribution < 1.29 is 43.0 Å². The largest absolute Gasteiger partial charge is 0.467 e. The molecule has 0 aromatic heterocycles. The first-order valence-electron chi connectivity index (χ1n) is 13.8. The predicted octanol–water partition coefficient (Wildman–Crippen LogP) is 1.73. The van der Waals surface area contributed by atoms with Crippen LogP contribution in [0.2, 0.25) is 0 Å². The second kappa shape index (κ2) is 16.9. The number of hydrogen-bond donors (Lipinski definition) is 4. The van der Waals surface area contributed by atoms with Crippen molar-refractivity contribution in [1.82, 2.24) is 21.3 Å². The number of rotatable bonds is 14. The van der Waals surface area contributed by atoms with Gasteiger partial charge in [-0.3, -0.25) is 19.2 Å². The molecule has 1 rings (SSSR count). The molecule has 0 saturated carbocycles. The summed E-state index contributed by atoms with van der Waals surface area (Å²) in [6.07, 6.45) is -0.828. The molecule has 0 bridgehead atoms. The van der Waals surface area contributed by atoms with Gasteiger partial charge in [-0.25, -0.2) is 9.59 Å². The smallest absolute Gasteiger partial charge is 0.408 e. The zero-order valence-corrected chi connectivity index (χ0v) is 25.6. The second-order valence-electron chi connectivity index (χ2n) is 10.9. The topological polar surface area (TPSA) is 178 Å². The van der Waals surface area contributed by atoms with Crippen LogP contribution in [-0.2, 0) is 44.8 Å². The van der Waals surface area contributed by atoms with E-state index in [1.807, 2.05) is 6.92 Å². The molecular weight excluding hydrogens is 548 g/mol. The van der Waals surface area contributed by atoms with Crippen molar-refractivity contribution in [2.45, 2.75) is 97.7 Å². The fourth-order valence-corrected chi connectivity index (χ4v) is 3.47. The van der Waals surface area contributed by atoms with Gasteiger partial charge < -0.3 is 35.5 Å². The lowest BCUT2D eigenvalue weighted by atomic mass is 9.99. The van der Waals surface area contributed by atoms with Gasteiger partial charge in [-0.2, -0.15) is 0 Å². The molecule has 0 radical (unpaired) electrons. The van der Waals surface area contributed by atoms with Gasteiger partial charge in [0, 0.05) is 0 Å². The molecule has 4 N–H and O–H groups in total. The highest BCUT2D eigenvalue weighted by molar-refractivity contribution is 5.96. The van der Waals surface area contributed by atoms with Gasteiger partial charge in [0.05, 0.1) is 13.5 Å². The number of benzene rings is 1. The van der Waals surface area contributed by atoms with Crippen molar-refractivity contribution in [2.75, 3.05) is 7.11 Å². The zero-order chi connectivity index (χ0) is 32.0. The number of nitrogens with one attached hydrogen (secondary N) is 4. The van der Waals surface area contributed by atoms with Gasteiger partial charge in [0.1, 0.15) is 36.4 Å². The molecule has 13 heteroatoms. The van der Waals surface area contributed by atoms with Crippen molar-refractivity contribution in [3.8, 4) is 0 Å². The fraction of sp³-hybridized carbons (Fsp3) is 0.586. The summed E-state index contributed by atoms with van der Waals surface area (Å²) in [6.45, 7) is 11.3. The first kappa shape index (κ1) is 35.9. The van der Waals surface area contributed by atoms with Crippen LogP contribution < -0.4 is 21.3 Å². The minimum atomic E-state index is -1.45. The molecule has 0 heterocycles. The summed E-state index contributed by atoms with van der Waals surface area (Å²) in [5.41, 5.74) is -0.0817. The van der Waals surface area contributed by atoms with Crippen molar-refractivity contribution >= 4 is 35.8 Å². The third kappa shape index (κ3) is 13.0. The van der Waals surface area contributed by atoms with E-state index in [0.717, 1.165) is 5.56 Å². The molecule has 0 fully saturated rings. The number of carbonyl (C=O) groups excluding carboxylic acids is 6. The van der Waals surface area contributed by atoms with E-state index in [2.05, 4.69) is 21.3 Å². The van der Waals surface area contributed by atoms with E-state index in [-0.39, 0.29) is 12.5 Å². The van der Waals surface area contributed by atoms with Gasteiger partial charge in [-0.05, 0) is 46.1 Å². The quantitative estimate of drug-likeness (QED) is 0.185. The van der Waals surface area contributed by atoms with Crippen molar-refractivity contribution in [3.05, 3.63) is 35.9 Å². The van der Waals surface area contributed by atoms with Crippen LogP contribution in [0.1, 0.15) is 66.9 Å². The number of alkyl carbamates (subject to hydrolysis) is 1. The third-order valence-electron chi connectivity index (χ3n) is 6.09. The minimum absolute atomic E-state index is 0.0537. The van der Waals surface area contributed by atoms with Gasteiger partial charge in [0.25, 0.3) is 0 Å². The highest BCUT2D eigenvalue weighted by atomic mass is 16.6. The average Bonchev–Trinajstić information content (AvgIpc) is 2.92. The number of carbonyl (C=O) groups is 6. The predicted molar refractivity (Wildman–Crippen MR) is 153 cm³/mol. The van der Waals surface area contributed by atoms with Crippen molar-refractivity contribution in [1.29, 1.82) is 0 Å². The number of hydrogen-bond acceptors (Lipinski definition) is 9. The molecule has 0 saturated heterocycles. The van der Waals surface area contributed by atoms with E-state index in [9.17, 15) is 28.8 Å². The normalized spacial score (nSPS) is 14.6. The van der Waals surface area contributed by atoms with Crippen molar-refractivity contribution in [2.24, 2.45) is 5.92 Å². The molecule has 42 heavy (non-hydrogen) atoms. The summed E-state index contributed by atoms with van der Waals surface area (Å²) in [5, 5.41) is 9.82. The summed E-state index contributed by atoms with van der Waals surface area (Å²) >= 11 is 0. The Balaban J connectivity index is 2.99. The summed E-state index contributed by atoms with van der Waals surface area (Å²) in [7, 11) is 1.21. The average molecular weight is 593 g/mol. The Kier molecular flexibility index (Phi) is 14.5. The minimum Gasteiger partial charge on any atom is -0.467 e. The first-order valence-corrected chi connectivity index (χ1v) is 13.8. The van der Waals surface area contributed by atoms with E-state index in [0.29, 0.717) is 6.42 Å². The van der Waals surface area contributed by atoms with E-state index in [1.165, 1.54) is 21.0 Å². The molecule has 5 unspecified atom stereocenters. The van der Waals surface area contributed by atoms with Gasteiger partial charge in [0.2, 0.25) is 17.7 Å². The maximum Gasteiger partial charge on any atom is 0.408 e. The van der Waals surface area contributed by atoms with Crippen molar-refractivity contribution in [3.63, 3.8) is 0 Å². The SMILES string of the molecule is CCC(C)C(NC(=O)C(C)NC(=O)C(CC(=O)OCc1ccccc1)NC(=O)C(C)NC(=O)OC(C)(C)C)C(=O)OC.